The average Bonchev–Trinajstić information content (AvgIpc) is 3.31. The van der Waals surface area contributed by atoms with Crippen LogP contribution in [0.1, 0.15) is 17.1 Å². The lowest BCUT2D eigenvalue weighted by Gasteiger charge is -2.04. The smallest absolute Gasteiger partial charge is 0.230 e. The minimum Gasteiger partial charge on any atom is -0.465 e. The van der Waals surface area contributed by atoms with Gasteiger partial charge in [0.05, 0.1) is 12.0 Å². The van der Waals surface area contributed by atoms with E-state index in [1.54, 1.807) is 36.6 Å². The molecule has 0 fully saturated rings. The predicted octanol–water partition coefficient (Wildman–Crippen LogP) is 3.16. The highest BCUT2D eigenvalue weighted by atomic mass is 32.2. The summed E-state index contributed by atoms with van der Waals surface area (Å²) in [6.07, 6.45) is 5.77. The van der Waals surface area contributed by atoms with Crippen molar-refractivity contribution >= 4 is 29.8 Å². The molecule has 0 saturated heterocycles. The highest BCUT2D eigenvalue weighted by Gasteiger charge is 2.06. The van der Waals surface area contributed by atoms with Gasteiger partial charge in [0.25, 0.3) is 0 Å². The summed E-state index contributed by atoms with van der Waals surface area (Å²) >= 11 is 1.25. The van der Waals surface area contributed by atoms with Gasteiger partial charge in [0.2, 0.25) is 11.1 Å². The molecule has 0 spiro atoms. The molecule has 0 unspecified atom stereocenters. The van der Waals surface area contributed by atoms with Crippen LogP contribution in [0.15, 0.2) is 52.2 Å². The maximum absolute atomic E-state index is 12.8. The molecule has 0 bridgehead atoms. The van der Waals surface area contributed by atoms with Gasteiger partial charge in [0.1, 0.15) is 17.4 Å². The molecular weight excluding hydrogens is 355 g/mol. The number of H-pyrrole nitrogens is 1. The van der Waals surface area contributed by atoms with Crippen molar-refractivity contribution in [1.82, 2.24) is 20.5 Å². The van der Waals surface area contributed by atoms with E-state index in [1.165, 1.54) is 23.9 Å². The van der Waals surface area contributed by atoms with Crippen molar-refractivity contribution in [3.05, 3.63) is 65.6 Å². The SMILES string of the molecule is O=C(CSc1n[nH]c(C=Cc2ccco2)n1)NCCc1ccc(F)cc1. The number of halogens is 1. The molecule has 1 aromatic carbocycles. The molecular formula is C18H17FN4O2S. The first-order valence-electron chi connectivity index (χ1n) is 7.97. The third-order valence-corrected chi connectivity index (χ3v) is 4.26. The summed E-state index contributed by atoms with van der Waals surface area (Å²) in [4.78, 5) is 16.1. The number of hydrogen-bond acceptors (Lipinski definition) is 5. The number of amides is 1. The Balaban J connectivity index is 1.38. The summed E-state index contributed by atoms with van der Waals surface area (Å²) in [5, 5.41) is 10.2. The Labute approximate surface area is 153 Å². The lowest BCUT2D eigenvalue weighted by atomic mass is 10.1. The molecule has 0 radical (unpaired) electrons. The highest BCUT2D eigenvalue weighted by molar-refractivity contribution is 7.99. The molecule has 3 rings (SSSR count). The van der Waals surface area contributed by atoms with Crippen LogP contribution in [-0.4, -0.2) is 33.4 Å². The van der Waals surface area contributed by atoms with Crippen LogP contribution in [0.5, 0.6) is 0 Å². The summed E-state index contributed by atoms with van der Waals surface area (Å²) in [5.41, 5.74) is 0.973. The molecule has 0 saturated carbocycles. The molecule has 2 N–H and O–H groups in total. The summed E-state index contributed by atoms with van der Waals surface area (Å²) in [7, 11) is 0. The first-order valence-corrected chi connectivity index (χ1v) is 8.95. The monoisotopic (exact) mass is 372 g/mol. The number of carbonyl (C=O) groups excluding carboxylic acids is 1. The Hall–Kier alpha value is -2.87. The molecule has 8 heteroatoms. The lowest BCUT2D eigenvalue weighted by molar-refractivity contribution is -0.118. The number of thioether (sulfide) groups is 1. The van der Waals surface area contributed by atoms with Gasteiger partial charge in [-0.1, -0.05) is 23.9 Å². The first kappa shape index (κ1) is 17.9. The zero-order chi connectivity index (χ0) is 18.2. The summed E-state index contributed by atoms with van der Waals surface area (Å²) in [6, 6.07) is 9.88. The Morgan fingerprint density at radius 2 is 2.12 bits per heavy atom. The number of aromatic nitrogens is 3. The van der Waals surface area contributed by atoms with Gasteiger partial charge in [-0.25, -0.2) is 9.37 Å². The Morgan fingerprint density at radius 3 is 2.88 bits per heavy atom. The van der Waals surface area contributed by atoms with E-state index in [4.69, 9.17) is 4.42 Å². The van der Waals surface area contributed by atoms with Crippen LogP contribution >= 0.6 is 11.8 Å². The van der Waals surface area contributed by atoms with Gasteiger partial charge >= 0.3 is 0 Å². The number of carbonyl (C=O) groups is 1. The van der Waals surface area contributed by atoms with Crippen LogP contribution in [0.25, 0.3) is 12.2 Å². The van der Waals surface area contributed by atoms with Crippen molar-refractivity contribution in [1.29, 1.82) is 0 Å². The fourth-order valence-electron chi connectivity index (χ4n) is 2.12. The third-order valence-electron chi connectivity index (χ3n) is 3.41. The van der Waals surface area contributed by atoms with Gasteiger partial charge in [-0.3, -0.25) is 9.89 Å². The molecule has 0 aliphatic rings. The van der Waals surface area contributed by atoms with Crippen molar-refractivity contribution in [3.63, 3.8) is 0 Å². The number of hydrogen-bond donors (Lipinski definition) is 2. The van der Waals surface area contributed by atoms with Gasteiger partial charge in [0, 0.05) is 6.54 Å². The van der Waals surface area contributed by atoms with E-state index in [9.17, 15) is 9.18 Å². The van der Waals surface area contributed by atoms with Crippen molar-refractivity contribution in [2.75, 3.05) is 12.3 Å². The number of furan rings is 1. The van der Waals surface area contributed by atoms with E-state index < -0.39 is 0 Å². The fourth-order valence-corrected chi connectivity index (χ4v) is 2.76. The molecule has 1 amide bonds. The maximum atomic E-state index is 12.8. The van der Waals surface area contributed by atoms with Gasteiger partial charge in [-0.15, -0.1) is 5.10 Å². The van der Waals surface area contributed by atoms with Crippen molar-refractivity contribution in [2.24, 2.45) is 0 Å². The van der Waals surface area contributed by atoms with Crippen molar-refractivity contribution < 1.29 is 13.6 Å². The first-order chi connectivity index (χ1) is 12.7. The normalized spacial score (nSPS) is 11.1. The van der Waals surface area contributed by atoms with Crippen LogP contribution < -0.4 is 5.32 Å². The second kappa shape index (κ2) is 9.00. The third kappa shape index (κ3) is 5.59. The topological polar surface area (TPSA) is 83.8 Å². The second-order valence-electron chi connectivity index (χ2n) is 5.37. The Bertz CT molecular complexity index is 860. The Kier molecular flexibility index (Phi) is 6.21. The van der Waals surface area contributed by atoms with Crippen LogP contribution in [0, 0.1) is 5.82 Å². The predicted molar refractivity (Wildman–Crippen MR) is 97.9 cm³/mol. The highest BCUT2D eigenvalue weighted by Crippen LogP contribution is 2.13. The largest absolute Gasteiger partial charge is 0.465 e. The van der Waals surface area contributed by atoms with Crippen LogP contribution in [0.2, 0.25) is 0 Å². The molecule has 3 aromatic rings. The van der Waals surface area contributed by atoms with Gasteiger partial charge < -0.3 is 9.73 Å². The number of nitrogens with zero attached hydrogens (tertiary/aromatic N) is 2. The summed E-state index contributed by atoms with van der Waals surface area (Å²) in [5.74, 6) is 1.16. The molecule has 0 aliphatic heterocycles. The molecule has 2 heterocycles. The second-order valence-corrected chi connectivity index (χ2v) is 6.31. The van der Waals surface area contributed by atoms with E-state index in [0.717, 1.165) is 11.3 Å². The van der Waals surface area contributed by atoms with Crippen LogP contribution in [0.4, 0.5) is 4.39 Å². The fraction of sp³-hybridized carbons (Fsp3) is 0.167. The van der Waals surface area contributed by atoms with E-state index in [0.29, 0.717) is 23.9 Å². The minimum atomic E-state index is -0.265. The molecule has 2 aromatic heterocycles. The number of aromatic amines is 1. The molecule has 0 aliphatic carbocycles. The van der Waals surface area contributed by atoms with E-state index in [-0.39, 0.29) is 17.5 Å². The molecule has 134 valence electrons. The Morgan fingerprint density at radius 1 is 1.27 bits per heavy atom. The van der Waals surface area contributed by atoms with Gasteiger partial charge in [0.15, 0.2) is 0 Å². The van der Waals surface area contributed by atoms with Crippen molar-refractivity contribution in [3.8, 4) is 0 Å². The number of rotatable bonds is 8. The summed E-state index contributed by atoms with van der Waals surface area (Å²) in [6.45, 7) is 0.496. The average molecular weight is 372 g/mol. The van der Waals surface area contributed by atoms with E-state index in [1.807, 2.05) is 6.07 Å². The molecule has 6 nitrogen and oxygen atoms in total. The van der Waals surface area contributed by atoms with Crippen molar-refractivity contribution in [2.45, 2.75) is 11.6 Å². The lowest BCUT2D eigenvalue weighted by Crippen LogP contribution is -2.27. The van der Waals surface area contributed by atoms with E-state index >= 15 is 0 Å². The zero-order valence-corrected chi connectivity index (χ0v) is 14.6. The zero-order valence-electron chi connectivity index (χ0n) is 13.8. The number of benzene rings is 1. The maximum Gasteiger partial charge on any atom is 0.230 e. The van der Waals surface area contributed by atoms with Crippen LogP contribution in [0.3, 0.4) is 0 Å². The summed E-state index contributed by atoms with van der Waals surface area (Å²) < 4.78 is 18.0. The van der Waals surface area contributed by atoms with E-state index in [2.05, 4.69) is 20.5 Å². The standard InChI is InChI=1S/C18H17FN4O2S/c19-14-5-3-13(4-6-14)9-10-20-17(24)12-26-18-21-16(22-23-18)8-7-15-2-1-11-25-15/h1-8,11H,9-10,12H2,(H,20,24)(H,21,22,23). The van der Waals surface area contributed by atoms with Gasteiger partial charge in [-0.05, 0) is 48.4 Å². The minimum absolute atomic E-state index is 0.102. The van der Waals surface area contributed by atoms with Gasteiger partial charge in [-0.2, -0.15) is 0 Å². The molecule has 0 atom stereocenters. The number of nitrogens with one attached hydrogen (secondary N) is 2. The van der Waals surface area contributed by atoms with Crippen LogP contribution in [-0.2, 0) is 11.2 Å². The molecule has 26 heavy (non-hydrogen) atoms. The quantitative estimate of drug-likeness (QED) is 0.594.